The molecule has 0 N–H and O–H groups in total. The standard InChI is InChI=1S/C9H16FNO5S/c1-9(15-2,16-3)6-11-5-7(4-8(11)12)17(10,13)14/h7H,4-6H2,1-3H3. The van der Waals surface area contributed by atoms with Crippen LogP contribution in [0, 0.1) is 0 Å². The van der Waals surface area contributed by atoms with Crippen molar-refractivity contribution < 1.29 is 26.6 Å². The molecule has 0 aromatic carbocycles. The molecule has 0 aromatic rings. The summed E-state index contributed by atoms with van der Waals surface area (Å²) in [6, 6.07) is 0. The number of hydrogen-bond donors (Lipinski definition) is 0. The van der Waals surface area contributed by atoms with Crippen molar-refractivity contribution in [2.24, 2.45) is 0 Å². The minimum absolute atomic E-state index is 0.0604. The Morgan fingerprint density at radius 1 is 1.47 bits per heavy atom. The number of hydrogen-bond acceptors (Lipinski definition) is 5. The molecule has 0 saturated carbocycles. The molecule has 100 valence electrons. The van der Waals surface area contributed by atoms with Crippen LogP contribution in [0.25, 0.3) is 0 Å². The van der Waals surface area contributed by atoms with Crippen LogP contribution >= 0.6 is 0 Å². The zero-order valence-corrected chi connectivity index (χ0v) is 10.8. The highest BCUT2D eigenvalue weighted by atomic mass is 32.3. The molecule has 0 bridgehead atoms. The summed E-state index contributed by atoms with van der Waals surface area (Å²) in [7, 11) is -1.86. The van der Waals surface area contributed by atoms with Crippen molar-refractivity contribution >= 4 is 16.1 Å². The van der Waals surface area contributed by atoms with Gasteiger partial charge in [0.25, 0.3) is 0 Å². The number of amides is 1. The van der Waals surface area contributed by atoms with Gasteiger partial charge in [-0.05, 0) is 6.92 Å². The highest BCUT2D eigenvalue weighted by Crippen LogP contribution is 2.22. The molecule has 6 nitrogen and oxygen atoms in total. The minimum Gasteiger partial charge on any atom is -0.352 e. The van der Waals surface area contributed by atoms with Crippen LogP contribution in [0.4, 0.5) is 3.89 Å². The number of carbonyl (C=O) groups excluding carboxylic acids is 1. The summed E-state index contributed by atoms with van der Waals surface area (Å²) in [6.45, 7) is 1.50. The van der Waals surface area contributed by atoms with Crippen LogP contribution < -0.4 is 0 Å². The molecule has 1 atom stereocenters. The highest BCUT2D eigenvalue weighted by molar-refractivity contribution is 7.87. The topological polar surface area (TPSA) is 72.9 Å². The number of nitrogens with zero attached hydrogens (tertiary/aromatic N) is 1. The Morgan fingerprint density at radius 3 is 2.35 bits per heavy atom. The number of rotatable bonds is 5. The second-order valence-corrected chi connectivity index (χ2v) is 5.74. The summed E-state index contributed by atoms with van der Waals surface area (Å²) in [5.41, 5.74) is 0. The third-order valence-electron chi connectivity index (χ3n) is 2.92. The minimum atomic E-state index is -4.68. The van der Waals surface area contributed by atoms with E-state index in [1.165, 1.54) is 19.1 Å². The van der Waals surface area contributed by atoms with Gasteiger partial charge in [0.15, 0.2) is 5.79 Å². The summed E-state index contributed by atoms with van der Waals surface area (Å²) < 4.78 is 44.3. The van der Waals surface area contributed by atoms with E-state index in [2.05, 4.69) is 0 Å². The number of likely N-dealkylation sites (tertiary alicyclic amines) is 1. The Bertz CT molecular complexity index is 392. The van der Waals surface area contributed by atoms with Crippen molar-refractivity contribution in [3.8, 4) is 0 Å². The maximum atomic E-state index is 12.8. The zero-order valence-electron chi connectivity index (χ0n) is 9.97. The van der Waals surface area contributed by atoms with Crippen LogP contribution in [-0.4, -0.2) is 57.6 Å². The van der Waals surface area contributed by atoms with E-state index in [1.807, 2.05) is 0 Å². The van der Waals surface area contributed by atoms with Gasteiger partial charge in [-0.15, -0.1) is 3.89 Å². The molecule has 1 unspecified atom stereocenters. The van der Waals surface area contributed by atoms with Crippen molar-refractivity contribution in [2.45, 2.75) is 24.4 Å². The Kier molecular flexibility index (Phi) is 4.11. The molecule has 0 aromatic heterocycles. The highest BCUT2D eigenvalue weighted by Gasteiger charge is 2.41. The van der Waals surface area contributed by atoms with Gasteiger partial charge in [-0.25, -0.2) is 0 Å². The maximum absolute atomic E-state index is 12.8. The first-order valence-corrected chi connectivity index (χ1v) is 6.48. The maximum Gasteiger partial charge on any atom is 0.307 e. The molecule has 1 fully saturated rings. The summed E-state index contributed by atoms with van der Waals surface area (Å²) >= 11 is 0. The quantitative estimate of drug-likeness (QED) is 0.514. The van der Waals surface area contributed by atoms with E-state index >= 15 is 0 Å². The lowest BCUT2D eigenvalue weighted by molar-refractivity contribution is -0.203. The Labute approximate surface area is 99.9 Å². The van der Waals surface area contributed by atoms with Crippen molar-refractivity contribution in [1.29, 1.82) is 0 Å². The Hall–Kier alpha value is -0.730. The van der Waals surface area contributed by atoms with Crippen LogP contribution in [0.15, 0.2) is 0 Å². The van der Waals surface area contributed by atoms with Crippen molar-refractivity contribution in [3.05, 3.63) is 0 Å². The van der Waals surface area contributed by atoms with Gasteiger partial charge in [0, 0.05) is 27.2 Å². The zero-order chi connectivity index (χ0) is 13.3. The summed E-state index contributed by atoms with van der Waals surface area (Å²) in [5.74, 6) is -1.44. The molecule has 0 aliphatic carbocycles. The van der Waals surface area contributed by atoms with Crippen LogP contribution in [0.3, 0.4) is 0 Å². The van der Waals surface area contributed by atoms with Crippen LogP contribution in [0.1, 0.15) is 13.3 Å². The van der Waals surface area contributed by atoms with Crippen molar-refractivity contribution in [3.63, 3.8) is 0 Å². The van der Waals surface area contributed by atoms with Crippen molar-refractivity contribution in [1.82, 2.24) is 4.90 Å². The van der Waals surface area contributed by atoms with Gasteiger partial charge in [0.2, 0.25) is 5.91 Å². The van der Waals surface area contributed by atoms with E-state index < -0.39 is 27.2 Å². The van der Waals surface area contributed by atoms with Gasteiger partial charge >= 0.3 is 10.2 Å². The van der Waals surface area contributed by atoms with Gasteiger partial charge in [0.1, 0.15) is 5.25 Å². The second-order valence-electron chi connectivity index (χ2n) is 4.12. The van der Waals surface area contributed by atoms with E-state index in [9.17, 15) is 17.1 Å². The third-order valence-corrected chi connectivity index (χ3v) is 4.03. The van der Waals surface area contributed by atoms with E-state index in [0.717, 1.165) is 0 Å². The molecule has 1 rings (SSSR count). The summed E-state index contributed by atoms with van der Waals surface area (Å²) in [4.78, 5) is 12.8. The molecule has 0 spiro atoms. The van der Waals surface area contributed by atoms with E-state index in [1.54, 1.807) is 6.92 Å². The SMILES string of the molecule is COC(C)(CN1CC(S(=O)(=O)F)CC1=O)OC. The molecule has 1 aliphatic rings. The van der Waals surface area contributed by atoms with Gasteiger partial charge in [-0.1, -0.05) is 0 Å². The fourth-order valence-electron chi connectivity index (χ4n) is 1.64. The number of halogens is 1. The molecule has 0 radical (unpaired) electrons. The molecule has 1 amide bonds. The predicted molar refractivity (Wildman–Crippen MR) is 57.4 cm³/mol. The summed E-state index contributed by atoms with van der Waals surface area (Å²) in [6.07, 6.45) is -0.331. The Balaban J connectivity index is 2.73. The lowest BCUT2D eigenvalue weighted by Gasteiger charge is -2.31. The summed E-state index contributed by atoms with van der Waals surface area (Å²) in [5, 5.41) is -1.28. The average molecular weight is 269 g/mol. The van der Waals surface area contributed by atoms with E-state index in [-0.39, 0.29) is 19.5 Å². The largest absolute Gasteiger partial charge is 0.352 e. The van der Waals surface area contributed by atoms with Gasteiger partial charge in [-0.3, -0.25) is 4.79 Å². The molecular weight excluding hydrogens is 253 g/mol. The van der Waals surface area contributed by atoms with E-state index in [4.69, 9.17) is 9.47 Å². The first-order valence-electron chi connectivity index (χ1n) is 5.03. The number of ether oxygens (including phenoxy) is 2. The van der Waals surface area contributed by atoms with Crippen LogP contribution in [-0.2, 0) is 24.5 Å². The lowest BCUT2D eigenvalue weighted by atomic mass is 10.3. The number of carbonyl (C=O) groups is 1. The fraction of sp³-hybridized carbons (Fsp3) is 0.889. The number of methoxy groups -OCH3 is 2. The normalized spacial score (nSPS) is 22.2. The molecule has 8 heteroatoms. The third kappa shape index (κ3) is 3.36. The smallest absolute Gasteiger partial charge is 0.307 e. The first kappa shape index (κ1) is 14.3. The monoisotopic (exact) mass is 269 g/mol. The lowest BCUT2D eigenvalue weighted by Crippen LogP contribution is -2.44. The van der Waals surface area contributed by atoms with Gasteiger partial charge in [-0.2, -0.15) is 8.42 Å². The Morgan fingerprint density at radius 2 is 2.00 bits per heavy atom. The van der Waals surface area contributed by atoms with Crippen LogP contribution in [0.5, 0.6) is 0 Å². The van der Waals surface area contributed by atoms with Crippen molar-refractivity contribution in [2.75, 3.05) is 27.3 Å². The molecule has 17 heavy (non-hydrogen) atoms. The molecule has 1 heterocycles. The van der Waals surface area contributed by atoms with Gasteiger partial charge < -0.3 is 14.4 Å². The van der Waals surface area contributed by atoms with Gasteiger partial charge in [0.05, 0.1) is 6.54 Å². The predicted octanol–water partition coefficient (Wildman–Crippen LogP) is -0.104. The van der Waals surface area contributed by atoms with Crippen LogP contribution in [0.2, 0.25) is 0 Å². The average Bonchev–Trinajstić information content (AvgIpc) is 2.60. The molecule has 1 saturated heterocycles. The fourth-order valence-corrected chi connectivity index (χ4v) is 2.34. The second kappa shape index (κ2) is 4.87. The molecular formula is C9H16FNO5S. The first-order chi connectivity index (χ1) is 7.72. The van der Waals surface area contributed by atoms with E-state index in [0.29, 0.717) is 0 Å². The molecule has 1 aliphatic heterocycles.